The first-order valence-electron chi connectivity index (χ1n) is 6.94. The number of benzene rings is 1. The van der Waals surface area contributed by atoms with Crippen LogP contribution in [0.3, 0.4) is 0 Å². The fourth-order valence-electron chi connectivity index (χ4n) is 2.09. The fourth-order valence-corrected chi connectivity index (χ4v) is 3.17. The van der Waals surface area contributed by atoms with Crippen LogP contribution in [0.25, 0.3) is 0 Å². The number of carbonyl (C=O) groups excluding carboxylic acids is 1. The molecular weight excluding hydrogens is 282 g/mol. The summed E-state index contributed by atoms with van der Waals surface area (Å²) in [5.41, 5.74) is 1.90. The van der Waals surface area contributed by atoms with Gasteiger partial charge in [0.05, 0.1) is 11.7 Å². The lowest BCUT2D eigenvalue weighted by Crippen LogP contribution is -2.26. The largest absolute Gasteiger partial charge is 0.345 e. The minimum Gasteiger partial charge on any atom is -0.345 e. The van der Waals surface area contributed by atoms with Crippen molar-refractivity contribution in [3.8, 4) is 0 Å². The first kappa shape index (κ1) is 15.7. The van der Waals surface area contributed by atoms with Crippen molar-refractivity contribution in [2.24, 2.45) is 0 Å². The highest BCUT2D eigenvalue weighted by molar-refractivity contribution is 7.13. The number of thiazole rings is 1. The molecule has 0 aliphatic rings. The van der Waals surface area contributed by atoms with Crippen LogP contribution in [-0.4, -0.2) is 29.9 Å². The quantitative estimate of drug-likeness (QED) is 0.923. The van der Waals surface area contributed by atoms with Crippen molar-refractivity contribution in [3.05, 3.63) is 51.5 Å². The molecule has 1 aromatic carbocycles. The highest BCUT2D eigenvalue weighted by atomic mass is 32.1. The third kappa shape index (κ3) is 4.12. The fraction of sp³-hybridized carbons (Fsp3) is 0.375. The summed E-state index contributed by atoms with van der Waals surface area (Å²) in [6.07, 6.45) is 0. The van der Waals surface area contributed by atoms with Crippen LogP contribution in [0, 0.1) is 6.92 Å². The van der Waals surface area contributed by atoms with Gasteiger partial charge in [-0.05, 0) is 33.5 Å². The third-order valence-electron chi connectivity index (χ3n) is 3.15. The van der Waals surface area contributed by atoms with Crippen molar-refractivity contribution in [1.82, 2.24) is 15.2 Å². The number of rotatable bonds is 5. The van der Waals surface area contributed by atoms with Crippen molar-refractivity contribution in [2.75, 3.05) is 14.1 Å². The van der Waals surface area contributed by atoms with E-state index in [-0.39, 0.29) is 11.9 Å². The second-order valence-electron chi connectivity index (χ2n) is 5.37. The predicted octanol–water partition coefficient (Wildman–Crippen LogP) is 3.00. The normalized spacial score (nSPS) is 12.4. The van der Waals surface area contributed by atoms with Crippen molar-refractivity contribution >= 4 is 17.2 Å². The molecule has 0 fully saturated rings. The van der Waals surface area contributed by atoms with Gasteiger partial charge in [-0.2, -0.15) is 0 Å². The van der Waals surface area contributed by atoms with Gasteiger partial charge in [0.2, 0.25) is 0 Å². The lowest BCUT2D eigenvalue weighted by atomic mass is 10.1. The molecule has 1 unspecified atom stereocenters. The summed E-state index contributed by atoms with van der Waals surface area (Å²) in [7, 11) is 3.99. The highest BCUT2D eigenvalue weighted by Crippen LogP contribution is 2.20. The highest BCUT2D eigenvalue weighted by Gasteiger charge is 2.17. The van der Waals surface area contributed by atoms with Gasteiger partial charge in [-0.3, -0.25) is 4.79 Å². The van der Waals surface area contributed by atoms with E-state index < -0.39 is 0 Å². The Balaban J connectivity index is 2.08. The maximum Gasteiger partial charge on any atom is 0.263 e. The van der Waals surface area contributed by atoms with Crippen LogP contribution in [-0.2, 0) is 6.54 Å². The molecule has 112 valence electrons. The minimum absolute atomic E-state index is 0.0162. The Hall–Kier alpha value is -1.72. The van der Waals surface area contributed by atoms with E-state index in [1.807, 2.05) is 63.2 Å². The molecule has 4 nitrogen and oxygen atoms in total. The number of hydrogen-bond acceptors (Lipinski definition) is 4. The lowest BCUT2D eigenvalue weighted by Gasteiger charge is -2.13. The molecule has 0 aliphatic carbocycles. The van der Waals surface area contributed by atoms with Crippen LogP contribution in [0.15, 0.2) is 30.3 Å². The Bertz CT molecular complexity index is 607. The number of carbonyl (C=O) groups is 1. The van der Waals surface area contributed by atoms with E-state index in [4.69, 9.17) is 0 Å². The first-order chi connectivity index (χ1) is 9.97. The summed E-state index contributed by atoms with van der Waals surface area (Å²) in [5, 5.41) is 4.01. The lowest BCUT2D eigenvalue weighted by molar-refractivity contribution is 0.0943. The molecule has 1 amide bonds. The second-order valence-corrected chi connectivity index (χ2v) is 6.45. The predicted molar refractivity (Wildman–Crippen MR) is 86.6 cm³/mol. The van der Waals surface area contributed by atoms with Gasteiger partial charge in [0, 0.05) is 6.54 Å². The van der Waals surface area contributed by atoms with Crippen LogP contribution in [0.4, 0.5) is 0 Å². The van der Waals surface area contributed by atoms with Gasteiger partial charge >= 0.3 is 0 Å². The van der Waals surface area contributed by atoms with Gasteiger partial charge in [-0.1, -0.05) is 30.3 Å². The molecular formula is C16H21N3OS. The number of hydrogen-bond donors (Lipinski definition) is 1. The summed E-state index contributed by atoms with van der Waals surface area (Å²) < 4.78 is 0. The summed E-state index contributed by atoms with van der Waals surface area (Å²) in [4.78, 5) is 19.6. The molecule has 5 heteroatoms. The SMILES string of the molecule is Cc1nc(CN(C)C)sc1C(=O)NC(C)c1ccccc1. The number of aromatic nitrogens is 1. The van der Waals surface area contributed by atoms with Crippen LogP contribution >= 0.6 is 11.3 Å². The van der Waals surface area contributed by atoms with E-state index in [9.17, 15) is 4.79 Å². The summed E-state index contributed by atoms with van der Waals surface area (Å²) >= 11 is 1.47. The van der Waals surface area contributed by atoms with E-state index in [1.54, 1.807) is 0 Å². The molecule has 0 radical (unpaired) electrons. The molecule has 21 heavy (non-hydrogen) atoms. The Morgan fingerprint density at radius 1 is 1.33 bits per heavy atom. The van der Waals surface area contributed by atoms with Gasteiger partial charge in [-0.15, -0.1) is 11.3 Å². The summed E-state index contributed by atoms with van der Waals surface area (Å²) in [6, 6.07) is 9.94. The third-order valence-corrected chi connectivity index (χ3v) is 4.29. The molecule has 1 heterocycles. The van der Waals surface area contributed by atoms with Crippen LogP contribution in [0.2, 0.25) is 0 Å². The van der Waals surface area contributed by atoms with E-state index in [1.165, 1.54) is 11.3 Å². The Labute approximate surface area is 129 Å². The molecule has 1 atom stereocenters. The number of nitrogens with zero attached hydrogens (tertiary/aromatic N) is 2. The Morgan fingerprint density at radius 2 is 2.00 bits per heavy atom. The topological polar surface area (TPSA) is 45.2 Å². The second kappa shape index (κ2) is 6.83. The molecule has 0 bridgehead atoms. The van der Waals surface area contributed by atoms with Crippen molar-refractivity contribution < 1.29 is 4.79 Å². The summed E-state index contributed by atoms with van der Waals surface area (Å²) in [6.45, 7) is 4.63. The molecule has 0 spiro atoms. The van der Waals surface area contributed by atoms with Crippen LogP contribution in [0.1, 0.15) is 38.9 Å². The Kier molecular flexibility index (Phi) is 5.09. The zero-order valence-electron chi connectivity index (χ0n) is 12.9. The van der Waals surface area contributed by atoms with Crippen molar-refractivity contribution in [2.45, 2.75) is 26.4 Å². The van der Waals surface area contributed by atoms with E-state index in [2.05, 4.69) is 10.3 Å². The maximum atomic E-state index is 12.4. The van der Waals surface area contributed by atoms with Gasteiger partial charge in [0.15, 0.2) is 0 Å². The van der Waals surface area contributed by atoms with Gasteiger partial charge in [0.25, 0.3) is 5.91 Å². The van der Waals surface area contributed by atoms with E-state index in [0.717, 1.165) is 22.8 Å². The molecule has 2 aromatic rings. The molecule has 0 saturated heterocycles. The Morgan fingerprint density at radius 3 is 2.62 bits per heavy atom. The monoisotopic (exact) mass is 303 g/mol. The van der Waals surface area contributed by atoms with Crippen molar-refractivity contribution in [3.63, 3.8) is 0 Å². The number of amides is 1. The van der Waals surface area contributed by atoms with Gasteiger partial charge in [-0.25, -0.2) is 4.98 Å². The molecule has 1 N–H and O–H groups in total. The first-order valence-corrected chi connectivity index (χ1v) is 7.76. The van der Waals surface area contributed by atoms with Gasteiger partial charge < -0.3 is 10.2 Å². The van der Waals surface area contributed by atoms with Crippen LogP contribution in [0.5, 0.6) is 0 Å². The van der Waals surface area contributed by atoms with E-state index in [0.29, 0.717) is 4.88 Å². The molecule has 0 aliphatic heterocycles. The summed E-state index contributed by atoms with van der Waals surface area (Å²) in [5.74, 6) is -0.0497. The molecule has 0 saturated carbocycles. The standard InChI is InChI=1S/C16H21N3OS/c1-11(13-8-6-5-7-9-13)18-16(20)15-12(2)17-14(21-15)10-19(3)4/h5-9,11H,10H2,1-4H3,(H,18,20). The molecule has 1 aromatic heterocycles. The average molecular weight is 303 g/mol. The number of nitrogens with one attached hydrogen (secondary N) is 1. The van der Waals surface area contributed by atoms with Gasteiger partial charge in [0.1, 0.15) is 9.88 Å². The zero-order valence-corrected chi connectivity index (χ0v) is 13.7. The maximum absolute atomic E-state index is 12.4. The minimum atomic E-state index is -0.0497. The average Bonchev–Trinajstić information content (AvgIpc) is 2.79. The molecule has 2 rings (SSSR count). The van der Waals surface area contributed by atoms with Crippen LogP contribution < -0.4 is 5.32 Å². The smallest absolute Gasteiger partial charge is 0.263 e. The van der Waals surface area contributed by atoms with E-state index >= 15 is 0 Å². The van der Waals surface area contributed by atoms with Crippen molar-refractivity contribution in [1.29, 1.82) is 0 Å². The number of aryl methyl sites for hydroxylation is 1. The zero-order chi connectivity index (χ0) is 15.4.